The average molecular weight is 266 g/mol. The highest BCUT2D eigenvalue weighted by atomic mass is 35.5. The van der Waals surface area contributed by atoms with Crippen molar-refractivity contribution in [1.29, 1.82) is 0 Å². The first-order valence-corrected chi connectivity index (χ1v) is 6.56. The Hall–Kier alpha value is -0.320. The molecule has 1 aromatic rings. The molecular formula is C9H13Cl2N3S. The molecule has 15 heavy (non-hydrogen) atoms. The van der Waals surface area contributed by atoms with Gasteiger partial charge in [0.25, 0.3) is 0 Å². The highest BCUT2D eigenvalue weighted by Gasteiger charge is 2.09. The van der Waals surface area contributed by atoms with E-state index in [2.05, 4.69) is 17.2 Å². The number of nitrogens with two attached hydrogens (primary N) is 1. The zero-order valence-electron chi connectivity index (χ0n) is 8.55. The summed E-state index contributed by atoms with van der Waals surface area (Å²) in [4.78, 5) is 4.09. The monoisotopic (exact) mass is 265 g/mol. The minimum Gasteiger partial charge on any atom is -0.382 e. The van der Waals surface area contributed by atoms with Crippen LogP contribution in [0.4, 0.5) is 11.6 Å². The minimum atomic E-state index is 0.283. The van der Waals surface area contributed by atoms with Gasteiger partial charge in [-0.3, -0.25) is 0 Å². The summed E-state index contributed by atoms with van der Waals surface area (Å²) in [6.07, 6.45) is 2.05. The highest BCUT2D eigenvalue weighted by molar-refractivity contribution is 7.98. The second kappa shape index (κ2) is 5.68. The lowest BCUT2D eigenvalue weighted by Crippen LogP contribution is -2.19. The summed E-state index contributed by atoms with van der Waals surface area (Å²) in [5.74, 6) is 1.85. The third-order valence-electron chi connectivity index (χ3n) is 1.76. The Labute approximate surface area is 104 Å². The second-order valence-electron chi connectivity index (χ2n) is 3.19. The fourth-order valence-corrected chi connectivity index (χ4v) is 2.10. The molecule has 1 heterocycles. The topological polar surface area (TPSA) is 50.9 Å². The van der Waals surface area contributed by atoms with Gasteiger partial charge in [-0.15, -0.1) is 0 Å². The van der Waals surface area contributed by atoms with Crippen molar-refractivity contribution in [2.75, 3.05) is 23.1 Å². The van der Waals surface area contributed by atoms with Crippen LogP contribution in [0.1, 0.15) is 6.92 Å². The molecule has 0 aliphatic rings. The molecule has 0 saturated heterocycles. The van der Waals surface area contributed by atoms with Gasteiger partial charge in [0.1, 0.15) is 11.6 Å². The van der Waals surface area contributed by atoms with Crippen LogP contribution in [0.3, 0.4) is 0 Å². The van der Waals surface area contributed by atoms with Crippen molar-refractivity contribution >= 4 is 46.6 Å². The number of thioether (sulfide) groups is 1. The summed E-state index contributed by atoms with van der Waals surface area (Å²) >= 11 is 13.5. The van der Waals surface area contributed by atoms with E-state index in [1.807, 2.05) is 6.26 Å². The number of anilines is 2. The molecule has 0 fully saturated rings. The van der Waals surface area contributed by atoms with Gasteiger partial charge < -0.3 is 11.1 Å². The van der Waals surface area contributed by atoms with Crippen molar-refractivity contribution in [1.82, 2.24) is 4.98 Å². The quantitative estimate of drug-likeness (QED) is 0.879. The van der Waals surface area contributed by atoms with Gasteiger partial charge in [0.05, 0.1) is 10.0 Å². The maximum Gasteiger partial charge on any atom is 0.147 e. The number of nitrogens with one attached hydrogen (secondary N) is 1. The predicted molar refractivity (Wildman–Crippen MR) is 70.1 cm³/mol. The number of aromatic nitrogens is 1. The molecule has 1 atom stereocenters. The summed E-state index contributed by atoms with van der Waals surface area (Å²) < 4.78 is 0. The molecule has 0 amide bonds. The van der Waals surface area contributed by atoms with E-state index >= 15 is 0 Å². The zero-order valence-corrected chi connectivity index (χ0v) is 10.9. The summed E-state index contributed by atoms with van der Waals surface area (Å²) in [5, 5.41) is 4.04. The molecule has 3 nitrogen and oxygen atoms in total. The van der Waals surface area contributed by atoms with Crippen molar-refractivity contribution in [2.24, 2.45) is 0 Å². The van der Waals surface area contributed by atoms with Crippen LogP contribution >= 0.6 is 35.0 Å². The van der Waals surface area contributed by atoms with Crippen LogP contribution in [-0.2, 0) is 0 Å². The predicted octanol–water partition coefficient (Wildman–Crippen LogP) is 3.13. The van der Waals surface area contributed by atoms with E-state index in [9.17, 15) is 0 Å². The molecule has 0 saturated carbocycles. The SMILES string of the molecule is CSCC(C)Nc1nc(N)c(Cl)cc1Cl. The first kappa shape index (κ1) is 12.7. The summed E-state index contributed by atoms with van der Waals surface area (Å²) in [7, 11) is 0. The van der Waals surface area contributed by atoms with E-state index in [0.29, 0.717) is 21.7 Å². The summed E-state index contributed by atoms with van der Waals surface area (Å²) in [6.45, 7) is 2.05. The first-order valence-electron chi connectivity index (χ1n) is 4.41. The molecule has 0 aliphatic heterocycles. The molecule has 6 heteroatoms. The molecule has 1 aromatic heterocycles. The molecule has 0 aliphatic carbocycles. The van der Waals surface area contributed by atoms with Gasteiger partial charge in [-0.05, 0) is 19.2 Å². The van der Waals surface area contributed by atoms with Crippen molar-refractivity contribution in [3.05, 3.63) is 16.1 Å². The molecule has 0 radical (unpaired) electrons. The smallest absolute Gasteiger partial charge is 0.147 e. The molecule has 1 unspecified atom stereocenters. The lowest BCUT2D eigenvalue weighted by Gasteiger charge is -2.14. The van der Waals surface area contributed by atoms with Crippen molar-refractivity contribution in [2.45, 2.75) is 13.0 Å². The number of hydrogen-bond acceptors (Lipinski definition) is 4. The van der Waals surface area contributed by atoms with Crippen LogP contribution in [0.5, 0.6) is 0 Å². The molecule has 0 aromatic carbocycles. The molecular weight excluding hydrogens is 253 g/mol. The Morgan fingerprint density at radius 3 is 2.80 bits per heavy atom. The molecule has 0 bridgehead atoms. The summed E-state index contributed by atoms with van der Waals surface area (Å²) in [6, 6.07) is 1.88. The van der Waals surface area contributed by atoms with E-state index < -0.39 is 0 Å². The van der Waals surface area contributed by atoms with Crippen LogP contribution in [0.15, 0.2) is 6.07 Å². The van der Waals surface area contributed by atoms with E-state index in [4.69, 9.17) is 28.9 Å². The third kappa shape index (κ3) is 3.63. The molecule has 84 valence electrons. The Balaban J connectivity index is 2.81. The standard InChI is InChI=1S/C9H13Cl2N3S/c1-5(4-15-2)13-9-7(11)3-6(10)8(12)14-9/h3,5H,4H2,1-2H3,(H3,12,13,14). The Morgan fingerprint density at radius 2 is 2.20 bits per heavy atom. The first-order chi connectivity index (χ1) is 7.04. The third-order valence-corrected chi connectivity index (χ3v) is 3.18. The van der Waals surface area contributed by atoms with Gasteiger partial charge >= 0.3 is 0 Å². The van der Waals surface area contributed by atoms with E-state index in [0.717, 1.165) is 5.75 Å². The van der Waals surface area contributed by atoms with Crippen LogP contribution in [-0.4, -0.2) is 23.0 Å². The van der Waals surface area contributed by atoms with Crippen LogP contribution in [0.25, 0.3) is 0 Å². The van der Waals surface area contributed by atoms with Gasteiger partial charge in [-0.25, -0.2) is 4.98 Å². The number of nitrogens with zero attached hydrogens (tertiary/aromatic N) is 1. The second-order valence-corrected chi connectivity index (χ2v) is 4.91. The normalized spacial score (nSPS) is 12.5. The Morgan fingerprint density at radius 1 is 1.53 bits per heavy atom. The van der Waals surface area contributed by atoms with E-state index in [1.54, 1.807) is 17.8 Å². The van der Waals surface area contributed by atoms with E-state index in [-0.39, 0.29) is 6.04 Å². The number of halogens is 2. The maximum atomic E-state index is 5.97. The number of pyridine rings is 1. The zero-order chi connectivity index (χ0) is 11.4. The van der Waals surface area contributed by atoms with Crippen molar-refractivity contribution in [3.8, 4) is 0 Å². The van der Waals surface area contributed by atoms with Crippen molar-refractivity contribution in [3.63, 3.8) is 0 Å². The van der Waals surface area contributed by atoms with Gasteiger partial charge in [0, 0.05) is 11.8 Å². The number of hydrogen-bond donors (Lipinski definition) is 2. The number of rotatable bonds is 4. The molecule has 0 spiro atoms. The lowest BCUT2D eigenvalue weighted by molar-refractivity contribution is 0.904. The number of nitrogen functional groups attached to an aromatic ring is 1. The Bertz CT molecular complexity index is 346. The van der Waals surface area contributed by atoms with Gasteiger partial charge in [0.15, 0.2) is 0 Å². The highest BCUT2D eigenvalue weighted by Crippen LogP contribution is 2.27. The van der Waals surface area contributed by atoms with Crippen LogP contribution < -0.4 is 11.1 Å². The average Bonchev–Trinajstić information content (AvgIpc) is 2.14. The van der Waals surface area contributed by atoms with Crippen LogP contribution in [0.2, 0.25) is 10.0 Å². The Kier molecular flexibility index (Phi) is 4.83. The molecule has 1 rings (SSSR count). The fraction of sp³-hybridized carbons (Fsp3) is 0.444. The van der Waals surface area contributed by atoms with Gasteiger partial charge in [-0.2, -0.15) is 11.8 Å². The molecule has 3 N–H and O–H groups in total. The fourth-order valence-electron chi connectivity index (χ4n) is 1.11. The minimum absolute atomic E-state index is 0.283. The van der Waals surface area contributed by atoms with Gasteiger partial charge in [-0.1, -0.05) is 23.2 Å². The lowest BCUT2D eigenvalue weighted by atomic mass is 10.3. The largest absolute Gasteiger partial charge is 0.382 e. The van der Waals surface area contributed by atoms with Gasteiger partial charge in [0.2, 0.25) is 0 Å². The summed E-state index contributed by atoms with van der Waals surface area (Å²) in [5.41, 5.74) is 5.59. The maximum absolute atomic E-state index is 5.97. The van der Waals surface area contributed by atoms with Crippen LogP contribution in [0, 0.1) is 0 Å². The van der Waals surface area contributed by atoms with Crippen molar-refractivity contribution < 1.29 is 0 Å². The van der Waals surface area contributed by atoms with E-state index in [1.165, 1.54) is 0 Å².